The Labute approximate surface area is 127 Å². The molecule has 0 bridgehead atoms. The maximum absolute atomic E-state index is 12.2. The lowest BCUT2D eigenvalue weighted by atomic mass is 10.0. The summed E-state index contributed by atoms with van der Waals surface area (Å²) in [6.45, 7) is 4.97. The van der Waals surface area contributed by atoms with E-state index in [9.17, 15) is 4.79 Å². The normalized spacial score (nSPS) is 15.6. The summed E-state index contributed by atoms with van der Waals surface area (Å²) < 4.78 is 5.76. The van der Waals surface area contributed by atoms with E-state index in [2.05, 4.69) is 6.92 Å². The first kappa shape index (κ1) is 15.8. The van der Waals surface area contributed by atoms with Crippen LogP contribution in [0.25, 0.3) is 0 Å². The highest BCUT2D eigenvalue weighted by Crippen LogP contribution is 2.27. The zero-order valence-corrected chi connectivity index (χ0v) is 13.0. The van der Waals surface area contributed by atoms with Gasteiger partial charge in [0.15, 0.2) is 6.61 Å². The number of carbonyl (C=O) groups excluding carboxylic acids is 1. The molecule has 1 atom stereocenters. The number of hydrogen-bond acceptors (Lipinski definition) is 3. The van der Waals surface area contributed by atoms with Crippen LogP contribution in [0.3, 0.4) is 0 Å². The van der Waals surface area contributed by atoms with E-state index in [-0.39, 0.29) is 18.6 Å². The van der Waals surface area contributed by atoms with Gasteiger partial charge in [0, 0.05) is 18.6 Å². The third-order valence-electron chi connectivity index (χ3n) is 3.98. The average molecular weight is 290 g/mol. The lowest BCUT2D eigenvalue weighted by Gasteiger charge is -2.21. The van der Waals surface area contributed by atoms with Crippen LogP contribution < -0.4 is 10.5 Å². The van der Waals surface area contributed by atoms with Crippen LogP contribution >= 0.6 is 0 Å². The van der Waals surface area contributed by atoms with Gasteiger partial charge in [-0.1, -0.05) is 25.1 Å². The first-order valence-electron chi connectivity index (χ1n) is 7.91. The summed E-state index contributed by atoms with van der Waals surface area (Å²) in [6.07, 6.45) is 3.96. The molecule has 0 saturated heterocycles. The van der Waals surface area contributed by atoms with Crippen molar-refractivity contribution in [2.24, 2.45) is 5.73 Å². The maximum Gasteiger partial charge on any atom is 0.260 e. The van der Waals surface area contributed by atoms with Crippen LogP contribution in [0.4, 0.5) is 0 Å². The van der Waals surface area contributed by atoms with E-state index in [1.165, 1.54) is 0 Å². The Morgan fingerprint density at radius 2 is 2.10 bits per heavy atom. The molecule has 0 spiro atoms. The Hall–Kier alpha value is -1.55. The molecule has 0 aliphatic heterocycles. The third kappa shape index (κ3) is 4.46. The summed E-state index contributed by atoms with van der Waals surface area (Å²) in [5.74, 6) is 0.858. The smallest absolute Gasteiger partial charge is 0.260 e. The molecule has 0 heterocycles. The van der Waals surface area contributed by atoms with E-state index in [4.69, 9.17) is 10.5 Å². The Morgan fingerprint density at radius 3 is 2.71 bits per heavy atom. The summed E-state index contributed by atoms with van der Waals surface area (Å²) >= 11 is 0. The van der Waals surface area contributed by atoms with E-state index >= 15 is 0 Å². The summed E-state index contributed by atoms with van der Waals surface area (Å²) in [5.41, 5.74) is 7.09. The van der Waals surface area contributed by atoms with Crippen LogP contribution in [-0.4, -0.2) is 36.0 Å². The summed E-state index contributed by atoms with van der Waals surface area (Å²) in [4.78, 5) is 14.1. The molecule has 116 valence electrons. The van der Waals surface area contributed by atoms with Crippen LogP contribution in [0.15, 0.2) is 24.3 Å². The van der Waals surface area contributed by atoms with Crippen molar-refractivity contribution in [3.05, 3.63) is 29.8 Å². The molecule has 2 rings (SSSR count). The topological polar surface area (TPSA) is 55.6 Å². The highest BCUT2D eigenvalue weighted by atomic mass is 16.5. The van der Waals surface area contributed by atoms with Gasteiger partial charge in [0.05, 0.1) is 0 Å². The van der Waals surface area contributed by atoms with Crippen molar-refractivity contribution in [2.75, 3.05) is 13.2 Å². The van der Waals surface area contributed by atoms with Gasteiger partial charge in [-0.25, -0.2) is 0 Å². The number of rotatable bonds is 8. The molecule has 1 aliphatic carbocycles. The van der Waals surface area contributed by atoms with E-state index in [0.717, 1.165) is 43.5 Å². The van der Waals surface area contributed by atoms with Gasteiger partial charge < -0.3 is 15.4 Å². The number of ether oxygens (including phenoxy) is 1. The fourth-order valence-electron chi connectivity index (χ4n) is 2.49. The third-order valence-corrected chi connectivity index (χ3v) is 3.98. The van der Waals surface area contributed by atoms with Gasteiger partial charge in [-0.05, 0) is 44.2 Å². The lowest BCUT2D eigenvalue weighted by molar-refractivity contribution is -0.133. The number of para-hydroxylation sites is 1. The number of benzene rings is 1. The van der Waals surface area contributed by atoms with Crippen LogP contribution in [0.2, 0.25) is 0 Å². The zero-order chi connectivity index (χ0) is 15.2. The molecule has 1 unspecified atom stereocenters. The fourth-order valence-corrected chi connectivity index (χ4v) is 2.49. The predicted molar refractivity (Wildman–Crippen MR) is 84.3 cm³/mol. The highest BCUT2D eigenvalue weighted by molar-refractivity contribution is 5.78. The Kier molecular flexibility index (Phi) is 5.62. The van der Waals surface area contributed by atoms with Gasteiger partial charge in [-0.3, -0.25) is 4.79 Å². The standard InChI is InChI=1S/C17H26N2O2/c1-3-14(18)11-13-7-5-6-8-16(13)21-12-17(20)19(4-2)15-9-10-15/h5-8,14-15H,3-4,9-12,18H2,1-2H3. The van der Waals surface area contributed by atoms with E-state index in [1.54, 1.807) is 0 Å². The van der Waals surface area contributed by atoms with Crippen molar-refractivity contribution >= 4 is 5.91 Å². The first-order valence-corrected chi connectivity index (χ1v) is 7.91. The van der Waals surface area contributed by atoms with Crippen LogP contribution in [0.1, 0.15) is 38.7 Å². The van der Waals surface area contributed by atoms with Gasteiger partial charge in [-0.2, -0.15) is 0 Å². The van der Waals surface area contributed by atoms with E-state index in [0.29, 0.717) is 6.04 Å². The predicted octanol–water partition coefficient (Wildman–Crippen LogP) is 2.36. The van der Waals surface area contributed by atoms with Crippen molar-refractivity contribution in [2.45, 2.75) is 51.6 Å². The maximum atomic E-state index is 12.2. The zero-order valence-electron chi connectivity index (χ0n) is 13.0. The Balaban J connectivity index is 1.94. The first-order chi connectivity index (χ1) is 10.2. The second-order valence-electron chi connectivity index (χ2n) is 5.68. The molecular weight excluding hydrogens is 264 g/mol. The molecule has 4 heteroatoms. The van der Waals surface area contributed by atoms with Crippen LogP contribution in [0.5, 0.6) is 5.75 Å². The number of carbonyl (C=O) groups is 1. The molecule has 0 radical (unpaired) electrons. The molecule has 1 aromatic rings. The molecular formula is C17H26N2O2. The largest absolute Gasteiger partial charge is 0.483 e. The molecule has 1 aromatic carbocycles. The molecule has 21 heavy (non-hydrogen) atoms. The monoisotopic (exact) mass is 290 g/mol. The number of likely N-dealkylation sites (N-methyl/N-ethyl adjacent to an activating group) is 1. The summed E-state index contributed by atoms with van der Waals surface area (Å²) in [5, 5.41) is 0. The number of hydrogen-bond donors (Lipinski definition) is 1. The second kappa shape index (κ2) is 7.46. The number of amides is 1. The van der Waals surface area contributed by atoms with Gasteiger partial charge in [-0.15, -0.1) is 0 Å². The number of nitrogens with zero attached hydrogens (tertiary/aromatic N) is 1. The van der Waals surface area contributed by atoms with Crippen molar-refractivity contribution in [1.82, 2.24) is 4.90 Å². The van der Waals surface area contributed by atoms with Crippen molar-refractivity contribution in [3.63, 3.8) is 0 Å². The Bertz CT molecular complexity index is 472. The molecule has 1 saturated carbocycles. The van der Waals surface area contributed by atoms with E-state index < -0.39 is 0 Å². The second-order valence-corrected chi connectivity index (χ2v) is 5.68. The fraction of sp³-hybridized carbons (Fsp3) is 0.588. The average Bonchev–Trinajstić information content (AvgIpc) is 3.31. The summed E-state index contributed by atoms with van der Waals surface area (Å²) in [6, 6.07) is 8.42. The minimum Gasteiger partial charge on any atom is -0.483 e. The highest BCUT2D eigenvalue weighted by Gasteiger charge is 2.31. The van der Waals surface area contributed by atoms with Crippen molar-refractivity contribution in [3.8, 4) is 5.75 Å². The van der Waals surface area contributed by atoms with Gasteiger partial charge in [0.1, 0.15) is 5.75 Å². The van der Waals surface area contributed by atoms with Crippen molar-refractivity contribution < 1.29 is 9.53 Å². The summed E-state index contributed by atoms with van der Waals surface area (Å²) in [7, 11) is 0. The van der Waals surface area contributed by atoms with Gasteiger partial charge in [0.25, 0.3) is 5.91 Å². The Morgan fingerprint density at radius 1 is 1.38 bits per heavy atom. The SMILES string of the molecule is CCC(N)Cc1ccccc1OCC(=O)N(CC)C1CC1. The lowest BCUT2D eigenvalue weighted by Crippen LogP contribution is -2.36. The molecule has 1 fully saturated rings. The molecule has 0 aromatic heterocycles. The number of nitrogens with two attached hydrogens (primary N) is 1. The quantitative estimate of drug-likeness (QED) is 0.799. The minimum absolute atomic E-state index is 0.0783. The van der Waals surface area contributed by atoms with Crippen LogP contribution in [-0.2, 0) is 11.2 Å². The van der Waals surface area contributed by atoms with Gasteiger partial charge in [0.2, 0.25) is 0 Å². The minimum atomic E-state index is 0.0783. The van der Waals surface area contributed by atoms with Crippen molar-refractivity contribution in [1.29, 1.82) is 0 Å². The molecule has 2 N–H and O–H groups in total. The van der Waals surface area contributed by atoms with Crippen LogP contribution in [0, 0.1) is 0 Å². The molecule has 4 nitrogen and oxygen atoms in total. The molecule has 1 aliphatic rings. The van der Waals surface area contributed by atoms with E-state index in [1.807, 2.05) is 36.1 Å². The van der Waals surface area contributed by atoms with Gasteiger partial charge >= 0.3 is 0 Å². The molecule has 1 amide bonds.